The second-order valence-electron chi connectivity index (χ2n) is 8.22. The maximum Gasteiger partial charge on any atom is 0.326 e. The number of aromatic nitrogens is 2. The van der Waals surface area contributed by atoms with Crippen LogP contribution in [0.4, 0.5) is 0 Å². The molecule has 3 amide bonds. The molecule has 0 aliphatic heterocycles. The normalized spacial score (nSPS) is 13.3. The number of phenolic OH excluding ortho intramolecular Hbond substituents is 1. The minimum absolute atomic E-state index is 0.00854. The second kappa shape index (κ2) is 14.4. The van der Waals surface area contributed by atoms with Gasteiger partial charge in [0.15, 0.2) is 0 Å². The van der Waals surface area contributed by atoms with E-state index in [1.54, 1.807) is 12.1 Å². The van der Waals surface area contributed by atoms with E-state index in [2.05, 4.69) is 25.9 Å². The fraction of sp³-hybridized carbons (Fsp3) is 0.435. The molecule has 2 rings (SSSR count). The number of carboxylic acid groups (broad SMARTS) is 1. The number of nitrogens with two attached hydrogens (primary N) is 2. The van der Waals surface area contributed by atoms with Gasteiger partial charge in [0, 0.05) is 24.7 Å². The Kier molecular flexibility index (Phi) is 11.3. The second-order valence-corrected chi connectivity index (χ2v) is 8.22. The number of hydrogen-bond acceptors (Lipinski definition) is 8. The molecular weight excluding hydrogens is 470 g/mol. The number of H-pyrrole nitrogens is 1. The van der Waals surface area contributed by atoms with Crippen LogP contribution in [0.15, 0.2) is 36.8 Å². The summed E-state index contributed by atoms with van der Waals surface area (Å²) in [6.45, 7) is 0.0549. The van der Waals surface area contributed by atoms with Gasteiger partial charge in [-0.15, -0.1) is 0 Å². The Labute approximate surface area is 208 Å². The molecule has 10 N–H and O–H groups in total. The maximum atomic E-state index is 13.2. The fourth-order valence-corrected chi connectivity index (χ4v) is 3.45. The third-order valence-electron chi connectivity index (χ3n) is 5.39. The zero-order valence-corrected chi connectivity index (χ0v) is 19.8. The summed E-state index contributed by atoms with van der Waals surface area (Å²) in [5, 5.41) is 26.7. The number of aromatic amines is 1. The van der Waals surface area contributed by atoms with Crippen molar-refractivity contribution in [2.75, 3.05) is 13.1 Å². The Balaban J connectivity index is 2.23. The molecule has 196 valence electrons. The lowest BCUT2D eigenvalue weighted by molar-refractivity contribution is -0.142. The molecule has 0 saturated heterocycles. The first-order valence-corrected chi connectivity index (χ1v) is 11.5. The van der Waals surface area contributed by atoms with Gasteiger partial charge in [-0.3, -0.25) is 14.4 Å². The van der Waals surface area contributed by atoms with Crippen LogP contribution in [0, 0.1) is 0 Å². The molecule has 13 nitrogen and oxygen atoms in total. The average molecular weight is 504 g/mol. The van der Waals surface area contributed by atoms with Gasteiger partial charge in [-0.2, -0.15) is 0 Å². The highest BCUT2D eigenvalue weighted by atomic mass is 16.4. The lowest BCUT2D eigenvalue weighted by Crippen LogP contribution is -2.57. The van der Waals surface area contributed by atoms with Crippen LogP contribution in [0.2, 0.25) is 0 Å². The van der Waals surface area contributed by atoms with Crippen LogP contribution < -0.4 is 27.4 Å². The minimum atomic E-state index is -1.21. The van der Waals surface area contributed by atoms with Crippen LogP contribution in [0.5, 0.6) is 5.75 Å². The van der Waals surface area contributed by atoms with E-state index in [-0.39, 0.29) is 31.6 Å². The van der Waals surface area contributed by atoms with Crippen molar-refractivity contribution in [1.82, 2.24) is 25.9 Å². The van der Waals surface area contributed by atoms with Gasteiger partial charge in [0.1, 0.15) is 23.9 Å². The molecule has 1 heterocycles. The van der Waals surface area contributed by atoms with Crippen LogP contribution in [0.25, 0.3) is 0 Å². The topological polar surface area (TPSA) is 226 Å². The predicted octanol–water partition coefficient (Wildman–Crippen LogP) is -1.47. The minimum Gasteiger partial charge on any atom is -0.508 e. The first-order valence-electron chi connectivity index (χ1n) is 11.5. The molecule has 13 heteroatoms. The number of carbonyl (C=O) groups excluding carboxylic acids is 3. The highest BCUT2D eigenvalue weighted by molar-refractivity contribution is 5.93. The number of benzene rings is 1. The van der Waals surface area contributed by atoms with Gasteiger partial charge < -0.3 is 42.6 Å². The van der Waals surface area contributed by atoms with E-state index in [0.717, 1.165) is 0 Å². The molecule has 0 aliphatic rings. The summed E-state index contributed by atoms with van der Waals surface area (Å²) in [7, 11) is 0. The van der Waals surface area contributed by atoms with Gasteiger partial charge in [-0.1, -0.05) is 12.1 Å². The molecule has 0 aliphatic carbocycles. The van der Waals surface area contributed by atoms with Crippen LogP contribution in [0.3, 0.4) is 0 Å². The molecular formula is C23H33N7O6. The van der Waals surface area contributed by atoms with E-state index < -0.39 is 41.8 Å². The molecule has 0 saturated carbocycles. The Bertz CT molecular complexity index is 997. The third kappa shape index (κ3) is 9.35. The number of nitrogens with zero attached hydrogens (tertiary/aromatic N) is 1. The highest BCUT2D eigenvalue weighted by Crippen LogP contribution is 2.12. The lowest BCUT2D eigenvalue weighted by Gasteiger charge is -2.24. The predicted molar refractivity (Wildman–Crippen MR) is 129 cm³/mol. The zero-order valence-electron chi connectivity index (χ0n) is 19.8. The van der Waals surface area contributed by atoms with E-state index in [1.807, 2.05) is 0 Å². The van der Waals surface area contributed by atoms with Crippen molar-refractivity contribution in [3.8, 4) is 5.75 Å². The molecule has 0 fully saturated rings. The van der Waals surface area contributed by atoms with Crippen LogP contribution in [0.1, 0.15) is 30.5 Å². The van der Waals surface area contributed by atoms with Gasteiger partial charge in [-0.05, 0) is 43.5 Å². The number of aliphatic carboxylic acids is 1. The van der Waals surface area contributed by atoms with Crippen LogP contribution >= 0.6 is 0 Å². The first-order chi connectivity index (χ1) is 17.2. The average Bonchev–Trinajstić information content (AvgIpc) is 3.36. The number of carboxylic acids is 1. The molecule has 1 aromatic carbocycles. The monoisotopic (exact) mass is 503 g/mol. The molecule has 2 aromatic rings. The summed E-state index contributed by atoms with van der Waals surface area (Å²) in [5.74, 6) is -3.12. The molecule has 36 heavy (non-hydrogen) atoms. The van der Waals surface area contributed by atoms with Gasteiger partial charge in [0.25, 0.3) is 0 Å². The Morgan fingerprint density at radius 1 is 0.917 bits per heavy atom. The van der Waals surface area contributed by atoms with Gasteiger partial charge in [0.2, 0.25) is 17.7 Å². The Morgan fingerprint density at radius 3 is 2.11 bits per heavy atom. The van der Waals surface area contributed by atoms with Crippen molar-refractivity contribution >= 4 is 23.7 Å². The highest BCUT2D eigenvalue weighted by Gasteiger charge is 2.30. The van der Waals surface area contributed by atoms with E-state index in [9.17, 15) is 29.4 Å². The standard InChI is InChI=1S/C23H33N7O6/c24-8-2-1-3-17(23(35)36)29-21(33)18(9-14-4-6-16(31)7-5-14)30-22(34)19(28-20(32)11-25)10-15-12-26-13-27-15/h4-7,12-13,17-19,31H,1-3,8-11,24-25H2,(H,26,27)(H,28,32)(H,29,33)(H,30,34)(H,35,36). The van der Waals surface area contributed by atoms with Crippen molar-refractivity contribution in [2.24, 2.45) is 11.5 Å². The number of imidazole rings is 1. The lowest BCUT2D eigenvalue weighted by atomic mass is 10.0. The van der Waals surface area contributed by atoms with Crippen LogP contribution in [-0.4, -0.2) is 75.1 Å². The summed E-state index contributed by atoms with van der Waals surface area (Å²) >= 11 is 0. The van der Waals surface area contributed by atoms with Crippen molar-refractivity contribution in [1.29, 1.82) is 0 Å². The molecule has 0 radical (unpaired) electrons. The number of carbonyl (C=O) groups is 4. The van der Waals surface area contributed by atoms with Crippen molar-refractivity contribution in [2.45, 2.75) is 50.2 Å². The van der Waals surface area contributed by atoms with Crippen molar-refractivity contribution < 1.29 is 29.4 Å². The van der Waals surface area contributed by atoms with Gasteiger partial charge >= 0.3 is 5.97 Å². The number of rotatable bonds is 15. The van der Waals surface area contributed by atoms with Crippen molar-refractivity contribution in [3.05, 3.63) is 48.0 Å². The molecule has 0 bridgehead atoms. The van der Waals surface area contributed by atoms with E-state index >= 15 is 0 Å². The fourth-order valence-electron chi connectivity index (χ4n) is 3.45. The first kappa shape index (κ1) is 28.3. The van der Waals surface area contributed by atoms with Gasteiger partial charge in [0.05, 0.1) is 12.9 Å². The SMILES string of the molecule is NCCCCC(NC(=O)C(Cc1ccc(O)cc1)NC(=O)C(Cc1cnc[nH]1)NC(=O)CN)C(=O)O. The van der Waals surface area contributed by atoms with Gasteiger partial charge in [-0.25, -0.2) is 9.78 Å². The number of hydrogen-bond donors (Lipinski definition) is 8. The molecule has 3 atom stereocenters. The van der Waals surface area contributed by atoms with E-state index in [4.69, 9.17) is 11.5 Å². The van der Waals surface area contributed by atoms with E-state index in [1.165, 1.54) is 24.7 Å². The number of unbranched alkanes of at least 4 members (excludes halogenated alkanes) is 1. The Morgan fingerprint density at radius 2 is 1.56 bits per heavy atom. The number of aromatic hydroxyl groups is 1. The summed E-state index contributed by atoms with van der Waals surface area (Å²) in [5.41, 5.74) is 12.0. The summed E-state index contributed by atoms with van der Waals surface area (Å²) < 4.78 is 0. The number of nitrogens with one attached hydrogen (secondary N) is 4. The number of phenols is 1. The smallest absolute Gasteiger partial charge is 0.326 e. The quantitative estimate of drug-likeness (QED) is 0.132. The largest absolute Gasteiger partial charge is 0.508 e. The van der Waals surface area contributed by atoms with E-state index in [0.29, 0.717) is 30.6 Å². The third-order valence-corrected chi connectivity index (χ3v) is 5.39. The summed E-state index contributed by atoms with van der Waals surface area (Å²) in [6.07, 6.45) is 4.26. The molecule has 1 aromatic heterocycles. The molecule has 3 unspecified atom stereocenters. The van der Waals surface area contributed by atoms with Crippen molar-refractivity contribution in [3.63, 3.8) is 0 Å². The van der Waals surface area contributed by atoms with Crippen LogP contribution in [-0.2, 0) is 32.0 Å². The summed E-state index contributed by atoms with van der Waals surface area (Å²) in [4.78, 5) is 56.6. The Hall–Kier alpha value is -3.97. The maximum absolute atomic E-state index is 13.2. The number of amides is 3. The summed E-state index contributed by atoms with van der Waals surface area (Å²) in [6, 6.07) is 2.62. The molecule has 0 spiro atoms. The zero-order chi connectivity index (χ0) is 26.5.